The van der Waals surface area contributed by atoms with Crippen LogP contribution < -0.4 is 5.32 Å². The molecule has 0 bridgehead atoms. The SMILES string of the molecule is CCC(C)Cn1c(CCCNC(=O)COC)nc2ccccc21. The monoisotopic (exact) mass is 317 g/mol. The van der Waals surface area contributed by atoms with E-state index in [1.807, 2.05) is 6.07 Å². The molecule has 1 atom stereocenters. The fraction of sp³-hybridized carbons (Fsp3) is 0.556. The maximum atomic E-state index is 11.4. The topological polar surface area (TPSA) is 56.2 Å². The van der Waals surface area contributed by atoms with Crippen molar-refractivity contribution in [2.24, 2.45) is 5.92 Å². The number of aromatic nitrogens is 2. The van der Waals surface area contributed by atoms with E-state index in [0.29, 0.717) is 12.5 Å². The number of hydrogen-bond acceptors (Lipinski definition) is 3. The molecule has 1 aromatic heterocycles. The van der Waals surface area contributed by atoms with Crippen molar-refractivity contribution in [2.75, 3.05) is 20.3 Å². The van der Waals surface area contributed by atoms with Crippen molar-refractivity contribution in [2.45, 2.75) is 39.7 Å². The molecule has 0 saturated heterocycles. The normalized spacial score (nSPS) is 12.5. The van der Waals surface area contributed by atoms with E-state index in [4.69, 9.17) is 9.72 Å². The second kappa shape index (κ2) is 8.67. The lowest BCUT2D eigenvalue weighted by molar-refractivity contribution is -0.124. The highest BCUT2D eigenvalue weighted by Gasteiger charge is 2.12. The number of hydrogen-bond donors (Lipinski definition) is 1. The highest BCUT2D eigenvalue weighted by molar-refractivity contribution is 5.77. The van der Waals surface area contributed by atoms with Gasteiger partial charge in [-0.2, -0.15) is 0 Å². The minimum absolute atomic E-state index is 0.0689. The van der Waals surface area contributed by atoms with Crippen LogP contribution in [0.2, 0.25) is 0 Å². The largest absolute Gasteiger partial charge is 0.375 e. The molecular formula is C18H27N3O2. The lowest BCUT2D eigenvalue weighted by Crippen LogP contribution is -2.28. The van der Waals surface area contributed by atoms with Crippen LogP contribution >= 0.6 is 0 Å². The summed E-state index contributed by atoms with van der Waals surface area (Å²) >= 11 is 0. The Morgan fingerprint density at radius 3 is 2.91 bits per heavy atom. The van der Waals surface area contributed by atoms with Gasteiger partial charge in [0.05, 0.1) is 11.0 Å². The molecule has 1 heterocycles. The van der Waals surface area contributed by atoms with Crippen LogP contribution in [0.1, 0.15) is 32.5 Å². The van der Waals surface area contributed by atoms with Gasteiger partial charge in [-0.1, -0.05) is 32.4 Å². The Hall–Kier alpha value is -1.88. The molecule has 5 nitrogen and oxygen atoms in total. The van der Waals surface area contributed by atoms with Gasteiger partial charge in [0.1, 0.15) is 12.4 Å². The van der Waals surface area contributed by atoms with E-state index >= 15 is 0 Å². The first kappa shape index (κ1) is 17.5. The molecule has 126 valence electrons. The summed E-state index contributed by atoms with van der Waals surface area (Å²) in [7, 11) is 1.52. The van der Waals surface area contributed by atoms with Gasteiger partial charge >= 0.3 is 0 Å². The van der Waals surface area contributed by atoms with Gasteiger partial charge in [0.25, 0.3) is 0 Å². The third-order valence-corrected chi connectivity index (χ3v) is 4.10. The third kappa shape index (κ3) is 4.79. The van der Waals surface area contributed by atoms with E-state index in [2.05, 4.69) is 41.9 Å². The fourth-order valence-electron chi connectivity index (χ4n) is 2.62. The van der Waals surface area contributed by atoms with Crippen LogP contribution in [0, 0.1) is 5.92 Å². The number of rotatable bonds is 9. The van der Waals surface area contributed by atoms with E-state index in [1.54, 1.807) is 0 Å². The summed E-state index contributed by atoms with van der Waals surface area (Å²) in [6.07, 6.45) is 2.89. The van der Waals surface area contributed by atoms with Crippen molar-refractivity contribution in [1.29, 1.82) is 0 Å². The van der Waals surface area contributed by atoms with Gasteiger partial charge in [-0.3, -0.25) is 4.79 Å². The third-order valence-electron chi connectivity index (χ3n) is 4.10. The molecule has 2 rings (SSSR count). The average Bonchev–Trinajstić information content (AvgIpc) is 2.89. The van der Waals surface area contributed by atoms with Gasteiger partial charge < -0.3 is 14.6 Å². The second-order valence-electron chi connectivity index (χ2n) is 6.03. The van der Waals surface area contributed by atoms with Crippen LogP contribution in [0.3, 0.4) is 0 Å². The quantitative estimate of drug-likeness (QED) is 0.724. The Labute approximate surface area is 138 Å². The first-order valence-corrected chi connectivity index (χ1v) is 8.35. The zero-order valence-corrected chi connectivity index (χ0v) is 14.3. The summed E-state index contributed by atoms with van der Waals surface area (Å²) in [5.41, 5.74) is 2.25. The smallest absolute Gasteiger partial charge is 0.245 e. The van der Waals surface area contributed by atoms with Crippen LogP contribution in [0.25, 0.3) is 11.0 Å². The summed E-state index contributed by atoms with van der Waals surface area (Å²) < 4.78 is 7.14. The van der Waals surface area contributed by atoms with E-state index in [0.717, 1.165) is 37.1 Å². The first-order chi connectivity index (χ1) is 11.2. The van der Waals surface area contributed by atoms with Crippen molar-refractivity contribution < 1.29 is 9.53 Å². The maximum Gasteiger partial charge on any atom is 0.245 e. The lowest BCUT2D eigenvalue weighted by atomic mass is 10.1. The molecule has 1 unspecified atom stereocenters. The highest BCUT2D eigenvalue weighted by Crippen LogP contribution is 2.19. The molecule has 0 aliphatic rings. The number of benzene rings is 1. The van der Waals surface area contributed by atoms with Crippen molar-refractivity contribution in [1.82, 2.24) is 14.9 Å². The molecule has 1 N–H and O–H groups in total. The zero-order chi connectivity index (χ0) is 16.7. The summed E-state index contributed by atoms with van der Waals surface area (Å²) in [5, 5.41) is 2.86. The molecule has 23 heavy (non-hydrogen) atoms. The number of nitrogens with one attached hydrogen (secondary N) is 1. The molecule has 0 saturated carbocycles. The minimum Gasteiger partial charge on any atom is -0.375 e. The fourth-order valence-corrected chi connectivity index (χ4v) is 2.62. The van der Waals surface area contributed by atoms with Crippen LogP contribution in [0.5, 0.6) is 0 Å². The number of carbonyl (C=O) groups is 1. The number of para-hydroxylation sites is 2. The molecule has 5 heteroatoms. The number of ether oxygens (including phenoxy) is 1. The predicted octanol–water partition coefficient (Wildman–Crippen LogP) is 2.78. The Morgan fingerprint density at radius 1 is 1.39 bits per heavy atom. The number of imidazole rings is 1. The zero-order valence-electron chi connectivity index (χ0n) is 14.3. The summed E-state index contributed by atoms with van der Waals surface area (Å²) in [6, 6.07) is 8.28. The summed E-state index contributed by atoms with van der Waals surface area (Å²) in [4.78, 5) is 16.2. The number of amides is 1. The van der Waals surface area contributed by atoms with E-state index in [-0.39, 0.29) is 12.5 Å². The van der Waals surface area contributed by atoms with Crippen molar-refractivity contribution in [3.05, 3.63) is 30.1 Å². The lowest BCUT2D eigenvalue weighted by Gasteiger charge is -2.14. The van der Waals surface area contributed by atoms with Gasteiger partial charge in [0.2, 0.25) is 5.91 Å². The van der Waals surface area contributed by atoms with E-state index in [9.17, 15) is 4.79 Å². The number of aryl methyl sites for hydroxylation is 1. The van der Waals surface area contributed by atoms with Gasteiger partial charge in [-0.05, 0) is 24.5 Å². The molecule has 1 aromatic carbocycles. The number of carbonyl (C=O) groups excluding carboxylic acids is 1. The van der Waals surface area contributed by atoms with E-state index in [1.165, 1.54) is 12.6 Å². The molecular weight excluding hydrogens is 290 g/mol. The van der Waals surface area contributed by atoms with E-state index < -0.39 is 0 Å². The number of methoxy groups -OCH3 is 1. The molecule has 2 aromatic rings. The Morgan fingerprint density at radius 2 is 2.17 bits per heavy atom. The van der Waals surface area contributed by atoms with Gasteiger partial charge in [0, 0.05) is 26.6 Å². The number of fused-ring (bicyclic) bond motifs is 1. The summed E-state index contributed by atoms with van der Waals surface area (Å²) in [6.45, 7) is 6.24. The molecule has 0 aliphatic heterocycles. The minimum atomic E-state index is -0.0689. The maximum absolute atomic E-state index is 11.4. The van der Waals surface area contributed by atoms with Crippen LogP contribution in [-0.2, 0) is 22.5 Å². The van der Waals surface area contributed by atoms with Gasteiger partial charge in [0.15, 0.2) is 0 Å². The van der Waals surface area contributed by atoms with Crippen molar-refractivity contribution in [3.8, 4) is 0 Å². The summed E-state index contributed by atoms with van der Waals surface area (Å²) in [5.74, 6) is 1.65. The van der Waals surface area contributed by atoms with Crippen LogP contribution in [0.4, 0.5) is 0 Å². The van der Waals surface area contributed by atoms with Gasteiger partial charge in [-0.15, -0.1) is 0 Å². The van der Waals surface area contributed by atoms with Crippen molar-refractivity contribution >= 4 is 16.9 Å². The molecule has 0 aliphatic carbocycles. The number of nitrogens with zero attached hydrogens (tertiary/aromatic N) is 2. The average molecular weight is 317 g/mol. The molecule has 0 spiro atoms. The van der Waals surface area contributed by atoms with Crippen LogP contribution in [0.15, 0.2) is 24.3 Å². The Bertz CT molecular complexity index is 636. The van der Waals surface area contributed by atoms with Crippen LogP contribution in [-0.4, -0.2) is 35.7 Å². The highest BCUT2D eigenvalue weighted by atomic mass is 16.5. The Kier molecular flexibility index (Phi) is 6.59. The Balaban J connectivity index is 2.03. The molecule has 0 radical (unpaired) electrons. The molecule has 0 fully saturated rings. The standard InChI is InChI=1S/C18H27N3O2/c1-4-14(2)12-21-16-9-6-5-8-15(16)20-17(21)10-7-11-19-18(22)13-23-3/h5-6,8-9,14H,4,7,10-13H2,1-3H3,(H,19,22). The predicted molar refractivity (Wildman–Crippen MR) is 92.4 cm³/mol. The second-order valence-corrected chi connectivity index (χ2v) is 6.03. The van der Waals surface area contributed by atoms with Crippen molar-refractivity contribution in [3.63, 3.8) is 0 Å². The van der Waals surface area contributed by atoms with Gasteiger partial charge in [-0.25, -0.2) is 4.98 Å². The molecule has 1 amide bonds. The first-order valence-electron chi connectivity index (χ1n) is 8.35.